The number of carbonyl (C=O) groups is 2. The lowest BCUT2D eigenvalue weighted by atomic mass is 9.86. The fourth-order valence-electron chi connectivity index (χ4n) is 4.26. The average Bonchev–Trinajstić information content (AvgIpc) is 3.51. The van der Waals surface area contributed by atoms with Crippen molar-refractivity contribution in [3.05, 3.63) is 57.9 Å². The van der Waals surface area contributed by atoms with E-state index in [4.69, 9.17) is 21.7 Å². The van der Waals surface area contributed by atoms with E-state index in [0.29, 0.717) is 35.8 Å². The summed E-state index contributed by atoms with van der Waals surface area (Å²) in [5.41, 5.74) is 1.03. The van der Waals surface area contributed by atoms with Gasteiger partial charge in [0, 0.05) is 35.5 Å². The Kier molecular flexibility index (Phi) is 7.37. The van der Waals surface area contributed by atoms with Crippen LogP contribution in [0.2, 0.25) is 5.02 Å². The van der Waals surface area contributed by atoms with Crippen LogP contribution in [-0.2, 0) is 22.3 Å². The molecular formula is C23H22ClF3N10O3. The number of carbonyl (C=O) groups excluding carboxylic acids is 2. The van der Waals surface area contributed by atoms with E-state index in [1.54, 1.807) is 13.0 Å². The highest BCUT2D eigenvalue weighted by molar-refractivity contribution is 6.32. The van der Waals surface area contributed by atoms with Gasteiger partial charge in [0.1, 0.15) is 12.2 Å². The molecule has 1 atom stereocenters. The SMILES string of the molecule is CC1CC(=N)CC(C(=O)NC2COC2)=C1NC(=O)c1cc(Cn2nnc(C(F)(F)F)n2)nn1-c1ncccc1Cl. The Bertz CT molecular complexity index is 1510. The van der Waals surface area contributed by atoms with Crippen molar-refractivity contribution in [1.29, 1.82) is 5.41 Å². The molecule has 17 heteroatoms. The normalized spacial score (nSPS) is 18.0. The van der Waals surface area contributed by atoms with Gasteiger partial charge >= 0.3 is 6.18 Å². The molecule has 1 unspecified atom stereocenters. The van der Waals surface area contributed by atoms with Crippen LogP contribution in [0.3, 0.4) is 0 Å². The van der Waals surface area contributed by atoms with Gasteiger partial charge in [0.05, 0.1) is 30.0 Å². The summed E-state index contributed by atoms with van der Waals surface area (Å²) in [6.45, 7) is 2.21. The van der Waals surface area contributed by atoms with Crippen LogP contribution in [0.15, 0.2) is 35.7 Å². The van der Waals surface area contributed by atoms with Crippen LogP contribution < -0.4 is 10.6 Å². The average molecular weight is 579 g/mol. The summed E-state index contributed by atoms with van der Waals surface area (Å²) in [6, 6.07) is 4.29. The van der Waals surface area contributed by atoms with E-state index in [0.717, 1.165) is 4.68 Å². The van der Waals surface area contributed by atoms with Gasteiger partial charge < -0.3 is 20.8 Å². The van der Waals surface area contributed by atoms with Gasteiger partial charge in [-0.05, 0) is 29.8 Å². The molecular weight excluding hydrogens is 557 g/mol. The summed E-state index contributed by atoms with van der Waals surface area (Å²) in [4.78, 5) is 31.5. The number of amides is 2. The molecule has 1 saturated heterocycles. The van der Waals surface area contributed by atoms with Crippen molar-refractivity contribution in [2.45, 2.75) is 38.5 Å². The third-order valence-corrected chi connectivity index (χ3v) is 6.49. The highest BCUT2D eigenvalue weighted by atomic mass is 35.5. The molecule has 3 aromatic heterocycles. The largest absolute Gasteiger partial charge is 0.455 e. The molecule has 3 aromatic rings. The van der Waals surface area contributed by atoms with E-state index in [-0.39, 0.29) is 52.7 Å². The topological polar surface area (TPSA) is 166 Å². The van der Waals surface area contributed by atoms with Crippen LogP contribution in [0.5, 0.6) is 0 Å². The van der Waals surface area contributed by atoms with Crippen molar-refractivity contribution < 1.29 is 27.5 Å². The number of hydrogen-bond acceptors (Lipinski definition) is 9. The molecule has 0 spiro atoms. The molecule has 210 valence electrons. The van der Waals surface area contributed by atoms with Gasteiger partial charge in [-0.1, -0.05) is 18.5 Å². The van der Waals surface area contributed by atoms with Crippen molar-refractivity contribution in [3.8, 4) is 5.82 Å². The monoisotopic (exact) mass is 578 g/mol. The number of aromatic nitrogens is 7. The molecule has 3 N–H and O–H groups in total. The van der Waals surface area contributed by atoms with Gasteiger partial charge in [-0.3, -0.25) is 9.59 Å². The second kappa shape index (κ2) is 10.8. The van der Waals surface area contributed by atoms with Gasteiger partial charge in [-0.2, -0.15) is 23.1 Å². The maximum Gasteiger partial charge on any atom is 0.455 e. The zero-order chi connectivity index (χ0) is 28.6. The lowest BCUT2D eigenvalue weighted by Gasteiger charge is -2.30. The Morgan fingerprint density at radius 3 is 2.67 bits per heavy atom. The first-order valence-corrected chi connectivity index (χ1v) is 12.4. The van der Waals surface area contributed by atoms with E-state index in [9.17, 15) is 22.8 Å². The van der Waals surface area contributed by atoms with E-state index >= 15 is 0 Å². The summed E-state index contributed by atoms with van der Waals surface area (Å²) in [5.74, 6) is -2.74. The third-order valence-electron chi connectivity index (χ3n) is 6.20. The Balaban J connectivity index is 1.48. The second-order valence-corrected chi connectivity index (χ2v) is 9.73. The number of halogens is 4. The second-order valence-electron chi connectivity index (χ2n) is 9.32. The van der Waals surface area contributed by atoms with E-state index < -0.39 is 23.8 Å². The molecule has 40 heavy (non-hydrogen) atoms. The van der Waals surface area contributed by atoms with Crippen molar-refractivity contribution in [2.75, 3.05) is 13.2 Å². The van der Waals surface area contributed by atoms with Gasteiger partial charge in [0.2, 0.25) is 5.91 Å². The summed E-state index contributed by atoms with van der Waals surface area (Å²) >= 11 is 6.31. The van der Waals surface area contributed by atoms with Crippen molar-refractivity contribution in [1.82, 2.24) is 45.6 Å². The standard InChI is InChI=1S/C23H22ClF3N10O3/c1-11-5-12(28)6-15(20(38)30-14-9-40-10-14)18(11)31-21(39)17-7-13(8-36-34-22(32-35-36)23(25,26)27)33-37(17)19-16(24)3-2-4-29-19/h2-4,7,11,14,28H,5-6,8-10H2,1H3,(H,30,38)(H,31,39). The number of nitrogens with zero attached hydrogens (tertiary/aromatic N) is 7. The van der Waals surface area contributed by atoms with Crippen molar-refractivity contribution in [3.63, 3.8) is 0 Å². The predicted molar refractivity (Wildman–Crippen MR) is 132 cm³/mol. The zero-order valence-electron chi connectivity index (χ0n) is 20.9. The lowest BCUT2D eigenvalue weighted by Crippen LogP contribution is -2.50. The number of tetrazole rings is 1. The Morgan fingerprint density at radius 2 is 2.02 bits per heavy atom. The molecule has 2 amide bonds. The first-order chi connectivity index (χ1) is 19.0. The number of allylic oxidation sites excluding steroid dienone is 1. The van der Waals surface area contributed by atoms with Gasteiger partial charge in [0.25, 0.3) is 11.7 Å². The molecule has 4 heterocycles. The molecule has 1 aliphatic carbocycles. The van der Waals surface area contributed by atoms with Gasteiger partial charge in [-0.25, -0.2) is 9.67 Å². The highest BCUT2D eigenvalue weighted by Crippen LogP contribution is 2.28. The number of pyridine rings is 1. The van der Waals surface area contributed by atoms with Crippen LogP contribution in [0.4, 0.5) is 13.2 Å². The Labute approximate surface area is 229 Å². The number of hydrogen-bond donors (Lipinski definition) is 3. The van der Waals surface area contributed by atoms with Crippen LogP contribution in [0.1, 0.15) is 41.8 Å². The lowest BCUT2D eigenvalue weighted by molar-refractivity contribution is -0.145. The molecule has 1 fully saturated rings. The molecule has 5 rings (SSSR count). The minimum absolute atomic E-state index is 0.0562. The van der Waals surface area contributed by atoms with Crippen LogP contribution in [0.25, 0.3) is 5.82 Å². The molecule has 0 aromatic carbocycles. The maximum absolute atomic E-state index is 13.6. The van der Waals surface area contributed by atoms with Crippen LogP contribution in [-0.4, -0.2) is 71.8 Å². The maximum atomic E-state index is 13.6. The molecule has 0 bridgehead atoms. The van der Waals surface area contributed by atoms with E-state index in [1.807, 2.05) is 0 Å². The molecule has 0 radical (unpaired) electrons. The third kappa shape index (κ3) is 5.72. The highest BCUT2D eigenvalue weighted by Gasteiger charge is 2.37. The minimum Gasteiger partial charge on any atom is -0.377 e. The predicted octanol–water partition coefficient (Wildman–Crippen LogP) is 1.92. The summed E-state index contributed by atoms with van der Waals surface area (Å²) in [6.07, 6.45) is -2.94. The van der Waals surface area contributed by atoms with Crippen molar-refractivity contribution >= 4 is 29.1 Å². The van der Waals surface area contributed by atoms with Crippen LogP contribution in [0, 0.1) is 11.3 Å². The smallest absolute Gasteiger partial charge is 0.377 e. The number of rotatable bonds is 7. The van der Waals surface area contributed by atoms with Crippen molar-refractivity contribution in [2.24, 2.45) is 5.92 Å². The summed E-state index contributed by atoms with van der Waals surface area (Å²) in [7, 11) is 0. The fourth-order valence-corrected chi connectivity index (χ4v) is 4.46. The molecule has 0 saturated carbocycles. The number of alkyl halides is 3. The first-order valence-electron chi connectivity index (χ1n) is 12.0. The van der Waals surface area contributed by atoms with Crippen LogP contribution >= 0.6 is 11.6 Å². The summed E-state index contributed by atoms with van der Waals surface area (Å²) < 4.78 is 45.0. The Morgan fingerprint density at radius 1 is 1.25 bits per heavy atom. The minimum atomic E-state index is -4.78. The van der Waals surface area contributed by atoms with Gasteiger partial charge in [-0.15, -0.1) is 10.2 Å². The fraction of sp³-hybridized carbons (Fsp3) is 0.391. The molecule has 1 aliphatic heterocycles. The first kappa shape index (κ1) is 27.4. The number of ether oxygens (including phenoxy) is 1. The molecule has 13 nitrogen and oxygen atoms in total. The number of nitrogens with one attached hydrogen (secondary N) is 3. The van der Waals surface area contributed by atoms with E-state index in [2.05, 4.69) is 36.1 Å². The zero-order valence-corrected chi connectivity index (χ0v) is 21.6. The summed E-state index contributed by atoms with van der Waals surface area (Å²) in [5, 5.41) is 28.0. The van der Waals surface area contributed by atoms with E-state index in [1.165, 1.54) is 18.3 Å². The van der Waals surface area contributed by atoms with Gasteiger partial charge in [0.15, 0.2) is 5.82 Å². The quantitative estimate of drug-likeness (QED) is 0.382. The Hall–Kier alpha value is -4.18. The molecule has 2 aliphatic rings.